The molecule has 0 saturated carbocycles. The Morgan fingerprint density at radius 2 is 2.33 bits per heavy atom. The molecular formula is C10H16N4O4. The predicted molar refractivity (Wildman–Crippen MR) is 60.5 cm³/mol. The molecule has 0 aromatic heterocycles. The Hall–Kier alpha value is -1.67. The van der Waals surface area contributed by atoms with Gasteiger partial charge in [0.25, 0.3) is 11.8 Å². The Kier molecular flexibility index (Phi) is 3.22. The first-order chi connectivity index (χ1) is 8.52. The fourth-order valence-corrected chi connectivity index (χ4v) is 2.31. The highest BCUT2D eigenvalue weighted by atomic mass is 16.5. The monoisotopic (exact) mass is 256 g/mol. The van der Waals surface area contributed by atoms with Crippen LogP contribution in [0.15, 0.2) is 0 Å². The van der Waals surface area contributed by atoms with Gasteiger partial charge in [-0.3, -0.25) is 14.9 Å². The second-order valence-electron chi connectivity index (χ2n) is 4.46. The number of methoxy groups -OCH3 is 1. The van der Waals surface area contributed by atoms with Crippen LogP contribution in [0.3, 0.4) is 0 Å². The molecule has 100 valence electrons. The summed E-state index contributed by atoms with van der Waals surface area (Å²) in [4.78, 5) is 36.3. The van der Waals surface area contributed by atoms with Gasteiger partial charge >= 0.3 is 6.03 Å². The first-order valence-electron chi connectivity index (χ1n) is 5.67. The molecule has 4 N–H and O–H groups in total. The largest absolute Gasteiger partial charge is 0.370 e. The number of carbonyl (C=O) groups is 3. The maximum absolute atomic E-state index is 12.0. The molecule has 0 aromatic rings. The highest BCUT2D eigenvalue weighted by Gasteiger charge is 2.52. The van der Waals surface area contributed by atoms with Crippen molar-refractivity contribution in [3.05, 3.63) is 0 Å². The van der Waals surface area contributed by atoms with Crippen molar-refractivity contribution < 1.29 is 19.1 Å². The average Bonchev–Trinajstić information content (AvgIpc) is 2.86. The van der Waals surface area contributed by atoms with Gasteiger partial charge in [0.2, 0.25) is 0 Å². The molecule has 18 heavy (non-hydrogen) atoms. The lowest BCUT2D eigenvalue weighted by molar-refractivity contribution is -0.140. The number of ether oxygens (including phenoxy) is 1. The van der Waals surface area contributed by atoms with Crippen molar-refractivity contribution in [3.8, 4) is 0 Å². The Balaban J connectivity index is 2.06. The SMILES string of the molecule is COC(CN)C(=O)N1CCC2(C1)NC(=O)NC2=O. The zero-order valence-electron chi connectivity index (χ0n) is 10.1. The van der Waals surface area contributed by atoms with Crippen LogP contribution in [0.5, 0.6) is 0 Å². The molecule has 0 radical (unpaired) electrons. The molecule has 2 fully saturated rings. The molecule has 8 nitrogen and oxygen atoms in total. The molecule has 2 rings (SSSR count). The number of nitrogens with two attached hydrogens (primary N) is 1. The van der Waals surface area contributed by atoms with Crippen LogP contribution in [-0.4, -0.2) is 61.1 Å². The zero-order valence-corrected chi connectivity index (χ0v) is 10.1. The normalized spacial score (nSPS) is 28.4. The average molecular weight is 256 g/mol. The lowest BCUT2D eigenvalue weighted by atomic mass is 9.99. The van der Waals surface area contributed by atoms with Crippen molar-refractivity contribution in [2.75, 3.05) is 26.7 Å². The van der Waals surface area contributed by atoms with Gasteiger partial charge in [0.15, 0.2) is 0 Å². The second kappa shape index (κ2) is 4.54. The van der Waals surface area contributed by atoms with Gasteiger partial charge in [-0.1, -0.05) is 0 Å². The number of hydrogen-bond donors (Lipinski definition) is 3. The molecular weight excluding hydrogens is 240 g/mol. The maximum atomic E-state index is 12.0. The highest BCUT2D eigenvalue weighted by molar-refractivity contribution is 6.07. The Bertz CT molecular complexity index is 395. The lowest BCUT2D eigenvalue weighted by Crippen LogP contribution is -2.51. The van der Waals surface area contributed by atoms with Crippen molar-refractivity contribution in [1.29, 1.82) is 0 Å². The summed E-state index contributed by atoms with van der Waals surface area (Å²) in [6.45, 7) is 0.632. The first kappa shape index (κ1) is 12.8. The Morgan fingerprint density at radius 1 is 1.61 bits per heavy atom. The van der Waals surface area contributed by atoms with Gasteiger partial charge in [-0.05, 0) is 6.42 Å². The van der Waals surface area contributed by atoms with E-state index in [9.17, 15) is 14.4 Å². The number of urea groups is 1. The predicted octanol–water partition coefficient (Wildman–Crippen LogP) is -2.23. The lowest BCUT2D eigenvalue weighted by Gasteiger charge is -2.23. The summed E-state index contributed by atoms with van der Waals surface area (Å²) < 4.78 is 4.97. The summed E-state index contributed by atoms with van der Waals surface area (Å²) in [7, 11) is 1.41. The van der Waals surface area contributed by atoms with Crippen LogP contribution < -0.4 is 16.4 Å². The van der Waals surface area contributed by atoms with Gasteiger partial charge in [0.1, 0.15) is 11.6 Å². The van der Waals surface area contributed by atoms with Crippen LogP contribution in [0.4, 0.5) is 4.79 Å². The van der Waals surface area contributed by atoms with Crippen molar-refractivity contribution >= 4 is 17.8 Å². The molecule has 0 bridgehead atoms. The van der Waals surface area contributed by atoms with Gasteiger partial charge in [-0.2, -0.15) is 0 Å². The van der Waals surface area contributed by atoms with Crippen molar-refractivity contribution in [1.82, 2.24) is 15.5 Å². The minimum Gasteiger partial charge on any atom is -0.370 e. The van der Waals surface area contributed by atoms with E-state index >= 15 is 0 Å². The van der Waals surface area contributed by atoms with E-state index < -0.39 is 17.7 Å². The van der Waals surface area contributed by atoms with Crippen LogP contribution in [0.2, 0.25) is 0 Å². The summed E-state index contributed by atoms with van der Waals surface area (Å²) in [5.74, 6) is -0.643. The fourth-order valence-electron chi connectivity index (χ4n) is 2.31. The third-order valence-corrected chi connectivity index (χ3v) is 3.37. The summed E-state index contributed by atoms with van der Waals surface area (Å²) in [6, 6.07) is -0.517. The van der Waals surface area contributed by atoms with E-state index in [-0.39, 0.29) is 24.9 Å². The fraction of sp³-hybridized carbons (Fsp3) is 0.700. The molecule has 2 heterocycles. The van der Waals surface area contributed by atoms with Gasteiger partial charge in [0.05, 0.1) is 6.54 Å². The second-order valence-corrected chi connectivity index (χ2v) is 4.46. The third kappa shape index (κ3) is 1.93. The highest BCUT2D eigenvalue weighted by Crippen LogP contribution is 2.25. The first-order valence-corrected chi connectivity index (χ1v) is 5.67. The smallest absolute Gasteiger partial charge is 0.322 e. The van der Waals surface area contributed by atoms with Crippen LogP contribution in [0.25, 0.3) is 0 Å². The maximum Gasteiger partial charge on any atom is 0.322 e. The van der Waals surface area contributed by atoms with E-state index in [0.717, 1.165) is 0 Å². The molecule has 2 aliphatic heterocycles. The van der Waals surface area contributed by atoms with Crippen LogP contribution in [0, 0.1) is 0 Å². The van der Waals surface area contributed by atoms with E-state index in [0.29, 0.717) is 13.0 Å². The van der Waals surface area contributed by atoms with Gasteiger partial charge in [0, 0.05) is 20.2 Å². The number of imide groups is 1. The molecule has 4 amide bonds. The van der Waals surface area contributed by atoms with Crippen LogP contribution in [-0.2, 0) is 14.3 Å². The van der Waals surface area contributed by atoms with Gasteiger partial charge in [-0.15, -0.1) is 0 Å². The van der Waals surface area contributed by atoms with E-state index in [1.807, 2.05) is 0 Å². The van der Waals surface area contributed by atoms with Crippen LogP contribution >= 0.6 is 0 Å². The molecule has 2 unspecified atom stereocenters. The van der Waals surface area contributed by atoms with Crippen molar-refractivity contribution in [2.24, 2.45) is 5.73 Å². The standard InChI is InChI=1S/C10H16N4O4/c1-18-6(4-11)7(15)14-3-2-10(5-14)8(16)12-9(17)13-10/h6H,2-5,11H2,1H3,(H2,12,13,16,17). The Morgan fingerprint density at radius 3 is 2.83 bits per heavy atom. The number of likely N-dealkylation sites (tertiary alicyclic amines) is 1. The quantitative estimate of drug-likeness (QED) is 0.494. The van der Waals surface area contributed by atoms with E-state index in [1.165, 1.54) is 12.0 Å². The molecule has 1 spiro atoms. The topological polar surface area (TPSA) is 114 Å². The molecule has 0 aromatic carbocycles. The summed E-state index contributed by atoms with van der Waals surface area (Å²) in [5, 5.41) is 4.76. The van der Waals surface area contributed by atoms with E-state index in [2.05, 4.69) is 10.6 Å². The van der Waals surface area contributed by atoms with Gasteiger partial charge in [-0.25, -0.2) is 4.79 Å². The number of carbonyl (C=O) groups excluding carboxylic acids is 3. The molecule has 8 heteroatoms. The summed E-state index contributed by atoms with van der Waals surface area (Å²) in [6.07, 6.45) is -0.308. The van der Waals surface area contributed by atoms with E-state index in [1.54, 1.807) is 0 Å². The number of amides is 4. The van der Waals surface area contributed by atoms with E-state index in [4.69, 9.17) is 10.5 Å². The number of rotatable bonds is 3. The van der Waals surface area contributed by atoms with Crippen molar-refractivity contribution in [2.45, 2.75) is 18.1 Å². The minimum absolute atomic E-state index is 0.0807. The van der Waals surface area contributed by atoms with Crippen LogP contribution in [0.1, 0.15) is 6.42 Å². The third-order valence-electron chi connectivity index (χ3n) is 3.37. The minimum atomic E-state index is -0.986. The summed E-state index contributed by atoms with van der Waals surface area (Å²) in [5.41, 5.74) is 4.44. The van der Waals surface area contributed by atoms with Crippen molar-refractivity contribution in [3.63, 3.8) is 0 Å². The number of nitrogens with zero attached hydrogens (tertiary/aromatic N) is 1. The van der Waals surface area contributed by atoms with Gasteiger partial charge < -0.3 is 20.7 Å². The molecule has 2 saturated heterocycles. The zero-order chi connectivity index (χ0) is 13.3. The number of hydrogen-bond acceptors (Lipinski definition) is 5. The molecule has 2 atom stereocenters. The molecule has 0 aliphatic carbocycles. The number of nitrogens with one attached hydrogen (secondary N) is 2. The Labute approximate surface area is 104 Å². The summed E-state index contributed by atoms with van der Waals surface area (Å²) >= 11 is 0. The molecule has 2 aliphatic rings.